The molecule has 0 aliphatic rings. The molecular weight excluding hydrogens is 367 g/mol. The van der Waals surface area contributed by atoms with E-state index in [1.165, 1.54) is 12.1 Å². The van der Waals surface area contributed by atoms with Crippen LogP contribution in [-0.2, 0) is 16.0 Å². The number of carboxylic acid groups (broad SMARTS) is 1. The van der Waals surface area contributed by atoms with Crippen LogP contribution in [0.5, 0.6) is 11.5 Å². The first-order chi connectivity index (χ1) is 12.7. The molecule has 0 saturated heterocycles. The molecule has 2 rings (SSSR count). The number of carbonyl (C=O) groups excluding carboxylic acids is 1. The smallest absolute Gasteiger partial charge is 0.484 e. The third kappa shape index (κ3) is 7.27. The van der Waals surface area contributed by atoms with E-state index in [4.69, 9.17) is 4.74 Å². The molecule has 0 aromatic heterocycles. The van der Waals surface area contributed by atoms with E-state index in [1.807, 2.05) is 0 Å². The van der Waals surface area contributed by atoms with Crippen molar-refractivity contribution < 1.29 is 37.3 Å². The lowest BCUT2D eigenvalue weighted by molar-refractivity contribution is -0.274. The maximum Gasteiger partial charge on any atom is 0.573 e. The summed E-state index contributed by atoms with van der Waals surface area (Å²) in [6.45, 7) is -0.488. The summed E-state index contributed by atoms with van der Waals surface area (Å²) in [4.78, 5) is 23.2. The molecule has 2 aromatic rings. The predicted molar refractivity (Wildman–Crippen MR) is 88.3 cm³/mol. The summed E-state index contributed by atoms with van der Waals surface area (Å²) in [6.07, 6.45) is -4.70. The molecule has 0 bridgehead atoms. The number of nitrogens with one attached hydrogen (secondary N) is 1. The summed E-state index contributed by atoms with van der Waals surface area (Å²) < 4.78 is 45.1. The zero-order valence-electron chi connectivity index (χ0n) is 13.9. The maximum atomic E-state index is 12.1. The summed E-state index contributed by atoms with van der Waals surface area (Å²) in [6, 6.07) is 12.1. The number of amides is 1. The number of ether oxygens (including phenoxy) is 2. The number of rotatable bonds is 8. The van der Waals surface area contributed by atoms with Crippen molar-refractivity contribution >= 4 is 11.9 Å². The first kappa shape index (κ1) is 20.1. The number of alkyl halides is 3. The minimum Gasteiger partial charge on any atom is -0.484 e. The minimum atomic E-state index is -4.80. The second kappa shape index (κ2) is 8.93. The lowest BCUT2D eigenvalue weighted by Gasteiger charge is -2.15. The molecular formula is C18H16F3NO5. The van der Waals surface area contributed by atoms with Gasteiger partial charge in [-0.3, -0.25) is 4.79 Å². The highest BCUT2D eigenvalue weighted by molar-refractivity contribution is 5.84. The van der Waals surface area contributed by atoms with Gasteiger partial charge in [-0.25, -0.2) is 4.79 Å². The largest absolute Gasteiger partial charge is 0.573 e. The van der Waals surface area contributed by atoms with E-state index in [9.17, 15) is 27.9 Å². The van der Waals surface area contributed by atoms with Gasteiger partial charge in [0.2, 0.25) is 0 Å². The van der Waals surface area contributed by atoms with Crippen LogP contribution in [0.15, 0.2) is 54.6 Å². The van der Waals surface area contributed by atoms with Crippen molar-refractivity contribution in [2.75, 3.05) is 6.61 Å². The Hall–Kier alpha value is -3.23. The van der Waals surface area contributed by atoms with Crippen LogP contribution < -0.4 is 14.8 Å². The topological polar surface area (TPSA) is 84.9 Å². The Morgan fingerprint density at radius 1 is 1.00 bits per heavy atom. The minimum absolute atomic E-state index is 0.103. The summed E-state index contributed by atoms with van der Waals surface area (Å²) in [5, 5.41) is 11.6. The number of hydrogen-bond acceptors (Lipinski definition) is 4. The van der Waals surface area contributed by atoms with Crippen molar-refractivity contribution in [2.24, 2.45) is 0 Å². The van der Waals surface area contributed by atoms with Gasteiger partial charge in [0.05, 0.1) is 0 Å². The fraction of sp³-hybridized carbons (Fsp3) is 0.222. The van der Waals surface area contributed by atoms with Crippen LogP contribution in [-0.4, -0.2) is 36.0 Å². The summed E-state index contributed by atoms with van der Waals surface area (Å²) in [7, 11) is 0. The highest BCUT2D eigenvalue weighted by atomic mass is 19.4. The zero-order chi connectivity index (χ0) is 19.9. The van der Waals surface area contributed by atoms with Gasteiger partial charge >= 0.3 is 12.3 Å². The molecule has 0 spiro atoms. The van der Waals surface area contributed by atoms with Crippen LogP contribution in [0.25, 0.3) is 0 Å². The van der Waals surface area contributed by atoms with Crippen LogP contribution in [0, 0.1) is 0 Å². The standard InChI is InChI=1S/C18H16F3NO5/c19-18(20,21)27-14-8-6-13(7-9-14)26-11-16(23)22-15(17(24)25)10-12-4-2-1-3-5-12/h1-9,15H,10-11H2,(H,22,23)(H,24,25)/t15-/m0/s1. The summed E-state index contributed by atoms with van der Waals surface area (Å²) >= 11 is 0. The van der Waals surface area contributed by atoms with E-state index in [-0.39, 0.29) is 12.2 Å². The molecule has 0 fully saturated rings. The average Bonchev–Trinajstić information content (AvgIpc) is 2.60. The molecule has 2 aromatic carbocycles. The Balaban J connectivity index is 1.86. The van der Waals surface area contributed by atoms with Crippen molar-refractivity contribution in [3.63, 3.8) is 0 Å². The zero-order valence-corrected chi connectivity index (χ0v) is 13.9. The SMILES string of the molecule is O=C(COc1ccc(OC(F)(F)F)cc1)N[C@@H](Cc1ccccc1)C(=O)O. The molecule has 0 radical (unpaired) electrons. The second-order valence-electron chi connectivity index (χ2n) is 5.46. The third-order valence-electron chi connectivity index (χ3n) is 3.34. The lowest BCUT2D eigenvalue weighted by atomic mass is 10.1. The number of hydrogen-bond donors (Lipinski definition) is 2. The van der Waals surface area contributed by atoms with E-state index in [1.54, 1.807) is 30.3 Å². The van der Waals surface area contributed by atoms with E-state index in [0.29, 0.717) is 0 Å². The molecule has 1 atom stereocenters. The fourth-order valence-corrected chi connectivity index (χ4v) is 2.17. The van der Waals surface area contributed by atoms with Crippen molar-refractivity contribution in [3.05, 3.63) is 60.2 Å². The second-order valence-corrected chi connectivity index (χ2v) is 5.46. The highest BCUT2D eigenvalue weighted by Gasteiger charge is 2.31. The van der Waals surface area contributed by atoms with E-state index >= 15 is 0 Å². The van der Waals surface area contributed by atoms with Crippen LogP contribution >= 0.6 is 0 Å². The van der Waals surface area contributed by atoms with Crippen LogP contribution in [0.2, 0.25) is 0 Å². The van der Waals surface area contributed by atoms with Gasteiger partial charge < -0.3 is 19.9 Å². The number of carbonyl (C=O) groups is 2. The molecule has 9 heteroatoms. The Kier molecular flexibility index (Phi) is 6.64. The fourth-order valence-electron chi connectivity index (χ4n) is 2.17. The molecule has 0 unspecified atom stereocenters. The van der Waals surface area contributed by atoms with Crippen molar-refractivity contribution in [2.45, 2.75) is 18.8 Å². The maximum absolute atomic E-state index is 12.1. The van der Waals surface area contributed by atoms with E-state index < -0.39 is 36.6 Å². The quantitative estimate of drug-likeness (QED) is 0.732. The third-order valence-corrected chi connectivity index (χ3v) is 3.34. The van der Waals surface area contributed by atoms with Crippen LogP contribution in [0.3, 0.4) is 0 Å². The van der Waals surface area contributed by atoms with Gasteiger partial charge in [0.1, 0.15) is 17.5 Å². The lowest BCUT2D eigenvalue weighted by Crippen LogP contribution is -2.44. The normalized spacial score (nSPS) is 12.1. The average molecular weight is 383 g/mol. The van der Waals surface area contributed by atoms with Crippen molar-refractivity contribution in [1.29, 1.82) is 0 Å². The number of aliphatic carboxylic acids is 1. The van der Waals surface area contributed by atoms with Gasteiger partial charge in [0.15, 0.2) is 6.61 Å². The van der Waals surface area contributed by atoms with E-state index in [2.05, 4.69) is 10.1 Å². The van der Waals surface area contributed by atoms with Gasteiger partial charge in [-0.05, 0) is 29.8 Å². The van der Waals surface area contributed by atoms with Gasteiger partial charge in [-0.1, -0.05) is 30.3 Å². The molecule has 2 N–H and O–H groups in total. The Bertz CT molecular complexity index is 763. The van der Waals surface area contributed by atoms with Gasteiger partial charge in [0, 0.05) is 6.42 Å². The van der Waals surface area contributed by atoms with Crippen LogP contribution in [0.4, 0.5) is 13.2 Å². The number of halogens is 3. The first-order valence-electron chi connectivity index (χ1n) is 7.77. The molecule has 0 saturated carbocycles. The van der Waals surface area contributed by atoms with Crippen molar-refractivity contribution in [1.82, 2.24) is 5.32 Å². The summed E-state index contributed by atoms with van der Waals surface area (Å²) in [5.74, 6) is -2.16. The predicted octanol–water partition coefficient (Wildman–Crippen LogP) is 2.78. The number of carboxylic acids is 1. The van der Waals surface area contributed by atoms with Crippen LogP contribution in [0.1, 0.15) is 5.56 Å². The Morgan fingerprint density at radius 3 is 2.15 bits per heavy atom. The monoisotopic (exact) mass is 383 g/mol. The van der Waals surface area contributed by atoms with Gasteiger partial charge in [-0.15, -0.1) is 13.2 Å². The van der Waals surface area contributed by atoms with Crippen molar-refractivity contribution in [3.8, 4) is 11.5 Å². The summed E-state index contributed by atoms with van der Waals surface area (Å²) in [5.41, 5.74) is 0.742. The first-order valence-corrected chi connectivity index (χ1v) is 7.77. The van der Waals surface area contributed by atoms with Gasteiger partial charge in [-0.2, -0.15) is 0 Å². The van der Waals surface area contributed by atoms with Gasteiger partial charge in [0.25, 0.3) is 5.91 Å². The Labute approximate surface area is 152 Å². The molecule has 1 amide bonds. The Morgan fingerprint density at radius 2 is 1.59 bits per heavy atom. The van der Waals surface area contributed by atoms with E-state index in [0.717, 1.165) is 17.7 Å². The highest BCUT2D eigenvalue weighted by Crippen LogP contribution is 2.24. The molecule has 27 heavy (non-hydrogen) atoms. The number of benzene rings is 2. The molecule has 6 nitrogen and oxygen atoms in total. The molecule has 0 aliphatic carbocycles. The molecule has 144 valence electrons. The molecule has 0 aliphatic heterocycles. The molecule has 0 heterocycles.